The van der Waals surface area contributed by atoms with Crippen LogP contribution < -0.4 is 51.4 Å². The number of aliphatic hydroxyl groups is 1. The van der Waals surface area contributed by atoms with E-state index in [1.165, 1.54) is 32.1 Å². The number of rotatable bonds is 18. The van der Waals surface area contributed by atoms with Crippen LogP contribution >= 0.6 is 0 Å². The summed E-state index contributed by atoms with van der Waals surface area (Å²) in [6, 6.07) is 0. The number of hydrogen-bond donors (Lipinski definition) is 1. The zero-order valence-electron chi connectivity index (χ0n) is 17.5. The zero-order chi connectivity index (χ0) is 19.0. The molecule has 0 amide bonds. The molecule has 0 bridgehead atoms. The van der Waals surface area contributed by atoms with Gasteiger partial charge in [0.1, 0.15) is 0 Å². The molecule has 1 N–H and O–H groups in total. The number of aliphatic hydroxyl groups excluding tert-OH is 1. The van der Waals surface area contributed by atoms with Crippen LogP contribution in [0.3, 0.4) is 0 Å². The van der Waals surface area contributed by atoms with Gasteiger partial charge in [-0.3, -0.25) is 0 Å². The van der Waals surface area contributed by atoms with Gasteiger partial charge in [-0.2, -0.15) is 0 Å². The summed E-state index contributed by atoms with van der Waals surface area (Å²) in [4.78, 5) is 0. The van der Waals surface area contributed by atoms with Gasteiger partial charge in [0.2, 0.25) is 0 Å². The predicted molar refractivity (Wildman–Crippen MR) is 105 cm³/mol. The van der Waals surface area contributed by atoms with Crippen LogP contribution in [0.5, 0.6) is 0 Å². The van der Waals surface area contributed by atoms with Crippen molar-refractivity contribution >= 4 is 10.1 Å². The average molecular weight is 417 g/mol. The molecule has 0 heterocycles. The second-order valence-corrected chi connectivity index (χ2v) is 9.11. The van der Waals surface area contributed by atoms with E-state index in [1.807, 2.05) is 0 Å². The van der Waals surface area contributed by atoms with Gasteiger partial charge < -0.3 is 9.66 Å². The second-order valence-electron chi connectivity index (χ2n) is 7.46. The first kappa shape index (κ1) is 29.7. The SMILES string of the molecule is CCCCCCCCC(O)CCCC(CCCCCCC)S(=O)(=O)[O-].[K+]. The van der Waals surface area contributed by atoms with Crippen molar-refractivity contribution < 1.29 is 69.5 Å². The molecule has 0 fully saturated rings. The summed E-state index contributed by atoms with van der Waals surface area (Å²) in [5.74, 6) is 0. The van der Waals surface area contributed by atoms with Crippen molar-refractivity contribution in [3.05, 3.63) is 0 Å². The summed E-state index contributed by atoms with van der Waals surface area (Å²) >= 11 is 0. The molecule has 152 valence electrons. The molecule has 0 aromatic rings. The monoisotopic (exact) mass is 416 g/mol. The number of unbranched alkanes of at least 4 members (excludes halogenated alkanes) is 9. The largest absolute Gasteiger partial charge is 1.00 e. The van der Waals surface area contributed by atoms with Crippen LogP contribution in [-0.4, -0.2) is 29.4 Å². The van der Waals surface area contributed by atoms with Crippen molar-refractivity contribution in [1.29, 1.82) is 0 Å². The Bertz CT molecular complexity index is 387. The minimum absolute atomic E-state index is 0. The zero-order valence-corrected chi connectivity index (χ0v) is 21.5. The molecule has 0 aromatic carbocycles. The van der Waals surface area contributed by atoms with Gasteiger partial charge in [0.05, 0.1) is 16.2 Å². The van der Waals surface area contributed by atoms with Crippen LogP contribution in [0.25, 0.3) is 0 Å². The molecule has 0 saturated carbocycles. The maximum atomic E-state index is 11.4. The van der Waals surface area contributed by atoms with Crippen molar-refractivity contribution in [2.75, 3.05) is 0 Å². The van der Waals surface area contributed by atoms with Crippen LogP contribution in [0, 0.1) is 0 Å². The van der Waals surface area contributed by atoms with Crippen molar-refractivity contribution in [1.82, 2.24) is 0 Å². The van der Waals surface area contributed by atoms with Gasteiger partial charge in [0, 0.05) is 5.25 Å². The van der Waals surface area contributed by atoms with Crippen molar-refractivity contribution in [3.63, 3.8) is 0 Å². The van der Waals surface area contributed by atoms with Crippen LogP contribution in [0.4, 0.5) is 0 Å². The van der Waals surface area contributed by atoms with E-state index in [4.69, 9.17) is 0 Å². The Labute approximate surface area is 205 Å². The molecule has 0 aliphatic carbocycles. The Balaban J connectivity index is 0. The summed E-state index contributed by atoms with van der Waals surface area (Å²) in [6.07, 6.45) is 15.0. The summed E-state index contributed by atoms with van der Waals surface area (Å²) in [5, 5.41) is 9.25. The Hall–Kier alpha value is 1.51. The molecule has 0 aromatic heterocycles. The van der Waals surface area contributed by atoms with E-state index < -0.39 is 15.4 Å². The summed E-state index contributed by atoms with van der Waals surface area (Å²) in [7, 11) is -4.22. The van der Waals surface area contributed by atoms with Gasteiger partial charge in [0.25, 0.3) is 0 Å². The average Bonchev–Trinajstić information content (AvgIpc) is 2.55. The van der Waals surface area contributed by atoms with Crippen molar-refractivity contribution in [2.24, 2.45) is 0 Å². The molecular weight excluding hydrogens is 375 g/mol. The molecule has 0 radical (unpaired) electrons. The summed E-state index contributed by atoms with van der Waals surface area (Å²) < 4.78 is 34.2. The van der Waals surface area contributed by atoms with Gasteiger partial charge in [-0.25, -0.2) is 8.42 Å². The fourth-order valence-corrected chi connectivity index (χ4v) is 4.21. The van der Waals surface area contributed by atoms with Crippen LogP contribution in [-0.2, 0) is 10.1 Å². The first-order valence-corrected chi connectivity index (χ1v) is 12.0. The molecule has 4 nitrogen and oxygen atoms in total. The molecule has 26 heavy (non-hydrogen) atoms. The Morgan fingerprint density at radius 1 is 0.692 bits per heavy atom. The van der Waals surface area contributed by atoms with E-state index >= 15 is 0 Å². The third-order valence-electron chi connectivity index (χ3n) is 4.99. The van der Waals surface area contributed by atoms with Crippen LogP contribution in [0.1, 0.15) is 117 Å². The number of hydrogen-bond acceptors (Lipinski definition) is 4. The maximum Gasteiger partial charge on any atom is 1.00 e. The van der Waals surface area contributed by atoms with E-state index in [0.29, 0.717) is 25.7 Å². The summed E-state index contributed by atoms with van der Waals surface area (Å²) in [6.45, 7) is 4.34. The molecule has 0 spiro atoms. The third kappa shape index (κ3) is 18.9. The van der Waals surface area contributed by atoms with Gasteiger partial charge in [-0.1, -0.05) is 84.5 Å². The molecule has 6 heteroatoms. The molecule has 2 atom stereocenters. The molecule has 2 unspecified atom stereocenters. The third-order valence-corrected chi connectivity index (χ3v) is 6.28. The Morgan fingerprint density at radius 3 is 1.58 bits per heavy atom. The molecule has 0 aliphatic rings. The van der Waals surface area contributed by atoms with Gasteiger partial charge in [0.15, 0.2) is 0 Å². The van der Waals surface area contributed by atoms with Crippen LogP contribution in [0.2, 0.25) is 0 Å². The Kier molecular flexibility index (Phi) is 22.6. The predicted octanol–water partition coefficient (Wildman–Crippen LogP) is 2.55. The topological polar surface area (TPSA) is 77.4 Å². The molecule has 0 aliphatic heterocycles. The minimum atomic E-state index is -4.22. The van der Waals surface area contributed by atoms with E-state index in [0.717, 1.165) is 44.9 Å². The first-order chi connectivity index (χ1) is 11.9. The first-order valence-electron chi connectivity index (χ1n) is 10.5. The van der Waals surface area contributed by atoms with Crippen molar-refractivity contribution in [2.45, 2.75) is 128 Å². The fraction of sp³-hybridized carbons (Fsp3) is 1.00. The van der Waals surface area contributed by atoms with E-state index in [1.54, 1.807) is 0 Å². The van der Waals surface area contributed by atoms with Crippen LogP contribution in [0.15, 0.2) is 0 Å². The quantitative estimate of drug-likeness (QED) is 0.212. The fourth-order valence-electron chi connectivity index (χ4n) is 3.29. The smallest absolute Gasteiger partial charge is 0.748 e. The van der Waals surface area contributed by atoms with Gasteiger partial charge >= 0.3 is 51.4 Å². The van der Waals surface area contributed by atoms with Crippen molar-refractivity contribution in [3.8, 4) is 0 Å². The summed E-state index contributed by atoms with van der Waals surface area (Å²) in [5.41, 5.74) is 0. The molecule has 0 rings (SSSR count). The Morgan fingerprint density at radius 2 is 1.08 bits per heavy atom. The second kappa shape index (κ2) is 19.8. The van der Waals surface area contributed by atoms with E-state index in [-0.39, 0.29) is 57.5 Å². The molecule has 0 saturated heterocycles. The standard InChI is InChI=1S/C20H42O4S.K/c1-3-5-7-9-11-12-15-19(21)16-14-18-20(25(22,23)24)17-13-10-8-6-4-2;/h19-21H,3-18H2,1-2H3,(H,22,23,24);/q;+1/p-1. The minimum Gasteiger partial charge on any atom is -0.748 e. The van der Waals surface area contributed by atoms with E-state index in [2.05, 4.69) is 13.8 Å². The maximum absolute atomic E-state index is 11.4. The molecular formula is C20H41KO4S. The van der Waals surface area contributed by atoms with Gasteiger partial charge in [-0.05, 0) is 32.1 Å². The van der Waals surface area contributed by atoms with E-state index in [9.17, 15) is 18.1 Å². The van der Waals surface area contributed by atoms with Gasteiger partial charge in [-0.15, -0.1) is 0 Å². The normalized spacial score (nSPS) is 14.0.